The molecule has 3 rings (SSSR count). The highest BCUT2D eigenvalue weighted by Crippen LogP contribution is 2.24. The van der Waals surface area contributed by atoms with Gasteiger partial charge in [-0.05, 0) is 18.2 Å². The summed E-state index contributed by atoms with van der Waals surface area (Å²) in [5, 5.41) is 3.32. The lowest BCUT2D eigenvalue weighted by atomic mass is 10.1. The summed E-state index contributed by atoms with van der Waals surface area (Å²) in [4.78, 5) is 33.9. The molecule has 0 atom stereocenters. The highest BCUT2D eigenvalue weighted by atomic mass is 16.4. The van der Waals surface area contributed by atoms with Gasteiger partial charge in [0.05, 0.1) is 11.3 Å². The minimum Gasteiger partial charge on any atom is -0.422 e. The summed E-state index contributed by atoms with van der Waals surface area (Å²) in [6, 6.07) is 4.69. The monoisotopic (exact) mass is 267 g/mol. The van der Waals surface area contributed by atoms with Crippen LogP contribution in [0.25, 0.3) is 11.0 Å². The molecule has 0 aliphatic carbocycles. The Kier molecular flexibility index (Phi) is 2.84. The number of hydrogen-bond donors (Lipinski definition) is 1. The zero-order valence-electron chi connectivity index (χ0n) is 10.4. The Balaban J connectivity index is 2.28. The second kappa shape index (κ2) is 4.67. The summed E-state index contributed by atoms with van der Waals surface area (Å²) in [6.45, 7) is 0. The molecule has 1 aromatic heterocycles. The van der Waals surface area contributed by atoms with Crippen LogP contribution in [-0.4, -0.2) is 12.2 Å². The summed E-state index contributed by atoms with van der Waals surface area (Å²) in [6.07, 6.45) is 1.27. The van der Waals surface area contributed by atoms with Crippen molar-refractivity contribution < 1.29 is 14.0 Å². The maximum absolute atomic E-state index is 11.6. The van der Waals surface area contributed by atoms with Gasteiger partial charge in [-0.25, -0.2) is 4.79 Å². The third-order valence-corrected chi connectivity index (χ3v) is 3.00. The van der Waals surface area contributed by atoms with Gasteiger partial charge >= 0.3 is 5.63 Å². The normalized spacial score (nSPS) is 13.5. The molecule has 1 N–H and O–H groups in total. The van der Waals surface area contributed by atoms with Crippen molar-refractivity contribution in [2.75, 3.05) is 5.32 Å². The second-order valence-corrected chi connectivity index (χ2v) is 4.39. The lowest BCUT2D eigenvalue weighted by Crippen LogP contribution is -2.13. The van der Waals surface area contributed by atoms with Gasteiger partial charge < -0.3 is 9.73 Å². The van der Waals surface area contributed by atoms with E-state index in [1.165, 1.54) is 6.07 Å². The quantitative estimate of drug-likeness (QED) is 0.484. The number of hydrogen-bond acceptors (Lipinski definition) is 4. The molecule has 1 amide bonds. The van der Waals surface area contributed by atoms with E-state index in [0.29, 0.717) is 41.3 Å². The van der Waals surface area contributed by atoms with Crippen LogP contribution in [-0.2, 0) is 4.79 Å². The number of aldehydes is 1. The maximum atomic E-state index is 11.6. The van der Waals surface area contributed by atoms with Crippen LogP contribution in [0.4, 0.5) is 5.69 Å². The average Bonchev–Trinajstić information content (AvgIpc) is 2.41. The van der Waals surface area contributed by atoms with Crippen LogP contribution < -0.4 is 10.9 Å². The Morgan fingerprint density at radius 3 is 2.90 bits per heavy atom. The molecule has 5 nitrogen and oxygen atoms in total. The molecule has 0 saturated heterocycles. The first-order valence-corrected chi connectivity index (χ1v) is 6.03. The van der Waals surface area contributed by atoms with E-state index in [9.17, 15) is 14.4 Å². The minimum atomic E-state index is -0.685. The van der Waals surface area contributed by atoms with E-state index in [2.05, 4.69) is 17.2 Å². The summed E-state index contributed by atoms with van der Waals surface area (Å²) in [5.74, 6) is 5.70. The molecular weight excluding hydrogens is 258 g/mol. The molecule has 0 spiro atoms. The van der Waals surface area contributed by atoms with Crippen molar-refractivity contribution in [2.45, 2.75) is 12.8 Å². The first-order valence-electron chi connectivity index (χ1n) is 6.03. The third-order valence-electron chi connectivity index (χ3n) is 3.00. The molecule has 0 bridgehead atoms. The Bertz CT molecular complexity index is 852. The Hall–Kier alpha value is -2.87. The summed E-state index contributed by atoms with van der Waals surface area (Å²) >= 11 is 0. The van der Waals surface area contributed by atoms with Crippen molar-refractivity contribution in [3.05, 3.63) is 39.7 Å². The predicted molar refractivity (Wildman–Crippen MR) is 72.6 cm³/mol. The Labute approximate surface area is 113 Å². The second-order valence-electron chi connectivity index (χ2n) is 4.39. The number of rotatable bonds is 1. The lowest BCUT2D eigenvalue weighted by molar-refractivity contribution is -0.116. The van der Waals surface area contributed by atoms with Crippen molar-refractivity contribution in [1.29, 1.82) is 0 Å². The number of carbonyl (C=O) groups is 2. The van der Waals surface area contributed by atoms with Crippen LogP contribution in [0.2, 0.25) is 0 Å². The molecule has 20 heavy (non-hydrogen) atoms. The van der Waals surface area contributed by atoms with Gasteiger partial charge in [0.1, 0.15) is 11.1 Å². The van der Waals surface area contributed by atoms with Gasteiger partial charge in [0, 0.05) is 18.2 Å². The van der Waals surface area contributed by atoms with E-state index in [0.717, 1.165) is 0 Å². The largest absolute Gasteiger partial charge is 0.422 e. The highest BCUT2D eigenvalue weighted by molar-refractivity contribution is 5.96. The van der Waals surface area contributed by atoms with E-state index in [-0.39, 0.29) is 11.5 Å². The third kappa shape index (κ3) is 2.08. The van der Waals surface area contributed by atoms with Gasteiger partial charge in [-0.1, -0.05) is 11.8 Å². The molecular formula is C15H9NO4. The summed E-state index contributed by atoms with van der Waals surface area (Å²) in [5.41, 5.74) is 0.743. The van der Waals surface area contributed by atoms with Crippen LogP contribution in [0, 0.1) is 11.8 Å². The van der Waals surface area contributed by atoms with Gasteiger partial charge in [-0.2, -0.15) is 0 Å². The molecule has 0 radical (unpaired) electrons. The van der Waals surface area contributed by atoms with E-state index in [4.69, 9.17) is 4.42 Å². The number of benzene rings is 1. The molecule has 0 unspecified atom stereocenters. The van der Waals surface area contributed by atoms with Crippen LogP contribution in [0.1, 0.15) is 28.8 Å². The van der Waals surface area contributed by atoms with Gasteiger partial charge in [0.2, 0.25) is 5.91 Å². The molecule has 0 fully saturated rings. The van der Waals surface area contributed by atoms with Gasteiger partial charge in [-0.3, -0.25) is 9.59 Å². The fourth-order valence-corrected chi connectivity index (χ4v) is 2.02. The predicted octanol–water partition coefficient (Wildman–Crippen LogP) is 1.69. The maximum Gasteiger partial charge on any atom is 0.346 e. The molecule has 2 heterocycles. The lowest BCUT2D eigenvalue weighted by Gasteiger charge is -2.10. The number of nitrogens with one attached hydrogen (secondary N) is 1. The molecule has 1 aromatic carbocycles. The number of fused-ring (bicyclic) bond motifs is 2. The highest BCUT2D eigenvalue weighted by Gasteiger charge is 2.12. The SMILES string of the molecule is O=Cc1cc2cc3c(cc2oc1=O)C#CCCC(=O)N3. The van der Waals surface area contributed by atoms with Crippen molar-refractivity contribution >= 4 is 28.8 Å². The number of carbonyl (C=O) groups excluding carboxylic acids is 2. The average molecular weight is 267 g/mol. The minimum absolute atomic E-state index is 0.0549. The zero-order chi connectivity index (χ0) is 14.1. The number of amides is 1. The van der Waals surface area contributed by atoms with Crippen LogP contribution >= 0.6 is 0 Å². The fourth-order valence-electron chi connectivity index (χ4n) is 2.02. The van der Waals surface area contributed by atoms with E-state index < -0.39 is 5.63 Å². The van der Waals surface area contributed by atoms with E-state index in [1.807, 2.05) is 0 Å². The molecule has 2 aromatic rings. The fraction of sp³-hybridized carbons (Fsp3) is 0.133. The van der Waals surface area contributed by atoms with Gasteiger partial charge in [0.15, 0.2) is 6.29 Å². The molecule has 98 valence electrons. The van der Waals surface area contributed by atoms with Gasteiger partial charge in [-0.15, -0.1) is 0 Å². The van der Waals surface area contributed by atoms with Gasteiger partial charge in [0.25, 0.3) is 0 Å². The van der Waals surface area contributed by atoms with Crippen molar-refractivity contribution in [1.82, 2.24) is 0 Å². The Morgan fingerprint density at radius 2 is 2.10 bits per heavy atom. The zero-order valence-corrected chi connectivity index (χ0v) is 10.4. The van der Waals surface area contributed by atoms with Crippen LogP contribution in [0.15, 0.2) is 27.4 Å². The van der Waals surface area contributed by atoms with Crippen molar-refractivity contribution in [2.24, 2.45) is 0 Å². The summed E-state index contributed by atoms with van der Waals surface area (Å²) < 4.78 is 5.08. The topological polar surface area (TPSA) is 76.4 Å². The number of anilines is 1. The first-order chi connectivity index (χ1) is 9.67. The van der Waals surface area contributed by atoms with Crippen LogP contribution in [0.3, 0.4) is 0 Å². The van der Waals surface area contributed by atoms with Crippen molar-refractivity contribution in [3.63, 3.8) is 0 Å². The first kappa shape index (κ1) is 12.2. The Morgan fingerprint density at radius 1 is 1.25 bits per heavy atom. The molecule has 5 heteroatoms. The smallest absolute Gasteiger partial charge is 0.346 e. The molecule has 1 aliphatic heterocycles. The molecule has 1 aliphatic rings. The van der Waals surface area contributed by atoms with Crippen molar-refractivity contribution in [3.8, 4) is 11.8 Å². The van der Waals surface area contributed by atoms with E-state index >= 15 is 0 Å². The van der Waals surface area contributed by atoms with Crippen LogP contribution in [0.5, 0.6) is 0 Å². The molecule has 0 saturated carbocycles. The standard InChI is InChI=1S/C15H9NO4/c17-8-11-5-10-6-12-9(7-13(10)20-15(11)19)3-1-2-4-14(18)16-12/h5-8H,2,4H2,(H,16,18). The summed E-state index contributed by atoms with van der Waals surface area (Å²) in [7, 11) is 0. The van der Waals surface area contributed by atoms with E-state index in [1.54, 1.807) is 12.1 Å².